The molecule has 1 aliphatic heterocycles. The van der Waals surface area contributed by atoms with Gasteiger partial charge in [-0.3, -0.25) is 4.79 Å². The standard InChI is InChI=1S/C24H17F3N4O2/c25-24(26,27)15-4-1-3-14(9-15)10-21(32)17-5-2-6-19-16(17)7-8-22(31-19)33-23-18-11-28-12-20(18)29-13-30-23/h1-9,13,28H,10-12H2. The first kappa shape index (κ1) is 21.0. The lowest BCUT2D eigenvalue weighted by atomic mass is 9.98. The Balaban J connectivity index is 1.41. The maximum atomic E-state index is 13.0. The Morgan fingerprint density at radius 1 is 1.03 bits per heavy atom. The molecule has 0 spiro atoms. The van der Waals surface area contributed by atoms with E-state index in [0.717, 1.165) is 23.4 Å². The third-order valence-corrected chi connectivity index (χ3v) is 5.42. The fourth-order valence-electron chi connectivity index (χ4n) is 3.83. The summed E-state index contributed by atoms with van der Waals surface area (Å²) in [6, 6.07) is 13.2. The van der Waals surface area contributed by atoms with Gasteiger partial charge in [-0.05, 0) is 23.8 Å². The Morgan fingerprint density at radius 3 is 2.73 bits per heavy atom. The van der Waals surface area contributed by atoms with Crippen molar-refractivity contribution < 1.29 is 22.7 Å². The van der Waals surface area contributed by atoms with E-state index in [2.05, 4.69) is 20.3 Å². The monoisotopic (exact) mass is 450 g/mol. The summed E-state index contributed by atoms with van der Waals surface area (Å²) in [5.74, 6) is 0.446. The summed E-state index contributed by atoms with van der Waals surface area (Å²) < 4.78 is 44.8. The predicted molar refractivity (Wildman–Crippen MR) is 114 cm³/mol. The van der Waals surface area contributed by atoms with Crippen LogP contribution >= 0.6 is 0 Å². The molecular weight excluding hydrogens is 433 g/mol. The third-order valence-electron chi connectivity index (χ3n) is 5.42. The van der Waals surface area contributed by atoms with Crippen LogP contribution in [0.4, 0.5) is 13.2 Å². The molecule has 2 aromatic carbocycles. The molecule has 0 radical (unpaired) electrons. The largest absolute Gasteiger partial charge is 0.420 e. The number of carbonyl (C=O) groups excluding carboxylic acids is 1. The number of halogens is 3. The van der Waals surface area contributed by atoms with Gasteiger partial charge in [-0.25, -0.2) is 15.0 Å². The normalized spacial score (nSPS) is 13.2. The molecule has 2 aromatic heterocycles. The number of Topliss-reactive ketones (excluding diaryl/α,β-unsaturated/α-hetero) is 1. The molecule has 0 unspecified atom stereocenters. The predicted octanol–water partition coefficient (Wildman–Crippen LogP) is 4.86. The van der Waals surface area contributed by atoms with Crippen LogP contribution < -0.4 is 10.1 Å². The van der Waals surface area contributed by atoms with Crippen molar-refractivity contribution in [1.29, 1.82) is 0 Å². The number of pyridine rings is 1. The number of hydrogen-bond donors (Lipinski definition) is 1. The quantitative estimate of drug-likeness (QED) is 0.438. The van der Waals surface area contributed by atoms with E-state index in [0.29, 0.717) is 46.9 Å². The van der Waals surface area contributed by atoms with E-state index in [-0.39, 0.29) is 12.2 Å². The second-order valence-corrected chi connectivity index (χ2v) is 7.63. The van der Waals surface area contributed by atoms with Crippen LogP contribution in [-0.4, -0.2) is 20.7 Å². The second kappa shape index (κ2) is 8.25. The van der Waals surface area contributed by atoms with Gasteiger partial charge >= 0.3 is 6.18 Å². The fraction of sp³-hybridized carbons (Fsp3) is 0.167. The Kier molecular flexibility index (Phi) is 5.26. The number of nitrogens with one attached hydrogen (secondary N) is 1. The minimum absolute atomic E-state index is 0.151. The average molecular weight is 450 g/mol. The van der Waals surface area contributed by atoms with Crippen molar-refractivity contribution >= 4 is 16.7 Å². The van der Waals surface area contributed by atoms with Crippen LogP contribution in [0.2, 0.25) is 0 Å². The van der Waals surface area contributed by atoms with E-state index in [1.165, 1.54) is 18.5 Å². The van der Waals surface area contributed by atoms with Crippen molar-refractivity contribution in [1.82, 2.24) is 20.3 Å². The summed E-state index contributed by atoms with van der Waals surface area (Å²) in [4.78, 5) is 25.8. The first-order chi connectivity index (χ1) is 15.9. The Labute approximate surface area is 186 Å². The van der Waals surface area contributed by atoms with E-state index in [1.807, 2.05) is 0 Å². The van der Waals surface area contributed by atoms with Crippen molar-refractivity contribution in [3.63, 3.8) is 0 Å². The van der Waals surface area contributed by atoms with Gasteiger partial charge in [0.2, 0.25) is 11.8 Å². The molecule has 0 saturated heterocycles. The van der Waals surface area contributed by atoms with E-state index in [9.17, 15) is 18.0 Å². The SMILES string of the molecule is O=C(Cc1cccc(C(F)(F)F)c1)c1cccc2nc(Oc3ncnc4c3CNC4)ccc12. The molecule has 5 rings (SSSR count). The molecular formula is C24H17F3N4O2. The van der Waals surface area contributed by atoms with Crippen molar-refractivity contribution in [3.8, 4) is 11.8 Å². The van der Waals surface area contributed by atoms with E-state index in [1.54, 1.807) is 30.3 Å². The van der Waals surface area contributed by atoms with Crippen LogP contribution in [0.15, 0.2) is 60.9 Å². The summed E-state index contributed by atoms with van der Waals surface area (Å²) in [7, 11) is 0. The Morgan fingerprint density at radius 2 is 1.88 bits per heavy atom. The fourth-order valence-corrected chi connectivity index (χ4v) is 3.83. The van der Waals surface area contributed by atoms with Gasteiger partial charge in [-0.1, -0.05) is 30.3 Å². The zero-order valence-corrected chi connectivity index (χ0v) is 17.2. The lowest BCUT2D eigenvalue weighted by Crippen LogP contribution is -2.08. The van der Waals surface area contributed by atoms with Gasteiger partial charge in [-0.15, -0.1) is 0 Å². The number of carbonyl (C=O) groups is 1. The topological polar surface area (TPSA) is 77.0 Å². The highest BCUT2D eigenvalue weighted by atomic mass is 19.4. The van der Waals surface area contributed by atoms with Gasteiger partial charge in [0.1, 0.15) is 6.33 Å². The van der Waals surface area contributed by atoms with Gasteiger partial charge in [0, 0.05) is 36.5 Å². The van der Waals surface area contributed by atoms with E-state index < -0.39 is 11.7 Å². The molecule has 0 aliphatic carbocycles. The van der Waals surface area contributed by atoms with E-state index in [4.69, 9.17) is 4.74 Å². The van der Waals surface area contributed by atoms with Crippen LogP contribution in [0.25, 0.3) is 10.9 Å². The molecule has 0 bridgehead atoms. The third kappa shape index (κ3) is 4.27. The lowest BCUT2D eigenvalue weighted by Gasteiger charge is -2.11. The lowest BCUT2D eigenvalue weighted by molar-refractivity contribution is -0.137. The molecule has 0 atom stereocenters. The zero-order chi connectivity index (χ0) is 23.0. The number of ether oxygens (including phenoxy) is 1. The summed E-state index contributed by atoms with van der Waals surface area (Å²) in [5, 5.41) is 3.79. The number of ketones is 1. The van der Waals surface area contributed by atoms with Gasteiger partial charge in [0.05, 0.1) is 22.3 Å². The molecule has 33 heavy (non-hydrogen) atoms. The second-order valence-electron chi connectivity index (χ2n) is 7.63. The molecule has 6 nitrogen and oxygen atoms in total. The maximum absolute atomic E-state index is 13.0. The number of hydrogen-bond acceptors (Lipinski definition) is 6. The summed E-state index contributed by atoms with van der Waals surface area (Å²) in [6.07, 6.45) is -3.17. The molecule has 3 heterocycles. The molecule has 0 fully saturated rings. The zero-order valence-electron chi connectivity index (χ0n) is 17.2. The highest BCUT2D eigenvalue weighted by Gasteiger charge is 2.30. The van der Waals surface area contributed by atoms with Crippen molar-refractivity contribution in [2.45, 2.75) is 25.7 Å². The van der Waals surface area contributed by atoms with Gasteiger partial charge in [0.25, 0.3) is 0 Å². The van der Waals surface area contributed by atoms with E-state index >= 15 is 0 Å². The Hall–Kier alpha value is -3.85. The van der Waals surface area contributed by atoms with Crippen LogP contribution in [0.5, 0.6) is 11.8 Å². The van der Waals surface area contributed by atoms with Crippen LogP contribution in [0.1, 0.15) is 32.7 Å². The number of rotatable bonds is 5. The molecule has 1 N–H and O–H groups in total. The first-order valence-electron chi connectivity index (χ1n) is 10.2. The van der Waals surface area contributed by atoms with Crippen molar-refractivity contribution in [2.24, 2.45) is 0 Å². The number of benzene rings is 2. The maximum Gasteiger partial charge on any atom is 0.416 e. The molecule has 4 aromatic rings. The first-order valence-corrected chi connectivity index (χ1v) is 10.2. The highest BCUT2D eigenvalue weighted by Crippen LogP contribution is 2.31. The number of nitrogens with zero attached hydrogens (tertiary/aromatic N) is 3. The van der Waals surface area contributed by atoms with Crippen molar-refractivity contribution in [3.05, 3.63) is 88.9 Å². The number of alkyl halides is 3. The molecule has 0 saturated carbocycles. The molecule has 166 valence electrons. The molecule has 1 aliphatic rings. The van der Waals surface area contributed by atoms with Crippen molar-refractivity contribution in [2.75, 3.05) is 0 Å². The van der Waals surface area contributed by atoms with Crippen LogP contribution in [-0.2, 0) is 25.7 Å². The summed E-state index contributed by atoms with van der Waals surface area (Å²) >= 11 is 0. The molecule has 0 amide bonds. The Bertz CT molecular complexity index is 1370. The number of fused-ring (bicyclic) bond motifs is 2. The van der Waals surface area contributed by atoms with Gasteiger partial charge in [-0.2, -0.15) is 13.2 Å². The van der Waals surface area contributed by atoms with Crippen LogP contribution in [0, 0.1) is 0 Å². The minimum Gasteiger partial charge on any atom is -0.420 e. The minimum atomic E-state index is -4.46. The molecule has 9 heteroatoms. The smallest absolute Gasteiger partial charge is 0.416 e. The summed E-state index contributed by atoms with van der Waals surface area (Å²) in [6.45, 7) is 1.25. The van der Waals surface area contributed by atoms with Gasteiger partial charge in [0.15, 0.2) is 5.78 Å². The number of aromatic nitrogens is 3. The average Bonchev–Trinajstić information content (AvgIpc) is 3.28. The summed E-state index contributed by atoms with van der Waals surface area (Å²) in [5.41, 5.74) is 2.20. The highest BCUT2D eigenvalue weighted by molar-refractivity contribution is 6.08. The van der Waals surface area contributed by atoms with Gasteiger partial charge < -0.3 is 10.1 Å². The van der Waals surface area contributed by atoms with Crippen LogP contribution in [0.3, 0.4) is 0 Å².